The van der Waals surface area contributed by atoms with Gasteiger partial charge >= 0.3 is 79.3 Å². The van der Waals surface area contributed by atoms with Crippen molar-refractivity contribution >= 4 is 79.3 Å². The first-order valence-corrected chi connectivity index (χ1v) is 21.3. The molecule has 4 rings (SSSR count). The fourth-order valence-corrected chi connectivity index (χ4v) is 14.1. The van der Waals surface area contributed by atoms with E-state index in [0.717, 1.165) is 52.4 Å². The van der Waals surface area contributed by atoms with Crippen molar-refractivity contribution in [3.8, 4) is 0 Å². The van der Waals surface area contributed by atoms with Crippen LogP contribution in [-0.4, -0.2) is 288 Å². The Morgan fingerprint density at radius 2 is 0.378 bits per heavy atom. The third kappa shape index (κ3) is 12.0. The molecule has 0 bridgehead atoms. The summed E-state index contributed by atoms with van der Waals surface area (Å²) in [6.07, 6.45) is 0. The van der Waals surface area contributed by atoms with Crippen molar-refractivity contribution in [2.24, 2.45) is 0 Å². The molecule has 0 spiro atoms. The third-order valence-electron chi connectivity index (χ3n) is 7.51. The quantitative estimate of drug-likeness (QED) is 0.123. The van der Waals surface area contributed by atoms with Gasteiger partial charge in [-0.05, 0) is 0 Å². The van der Waals surface area contributed by atoms with E-state index >= 15 is 0 Å². The van der Waals surface area contributed by atoms with E-state index in [2.05, 4.69) is 18.7 Å². The Labute approximate surface area is 316 Å². The third-order valence-corrected chi connectivity index (χ3v) is 20.7. The zero-order chi connectivity index (χ0) is 34.6. The first-order valence-electron chi connectivity index (χ1n) is 14.9. The van der Waals surface area contributed by atoms with Gasteiger partial charge in [0.15, 0.2) is 0 Å². The van der Waals surface area contributed by atoms with Gasteiger partial charge in [-0.2, -0.15) is 56.0 Å². The van der Waals surface area contributed by atoms with Crippen LogP contribution in [0.15, 0.2) is 0 Å². The van der Waals surface area contributed by atoms with Gasteiger partial charge in [0.2, 0.25) is 0 Å². The molecule has 4 aliphatic heterocycles. The van der Waals surface area contributed by atoms with Gasteiger partial charge in [0, 0.05) is 165 Å². The van der Waals surface area contributed by atoms with Crippen LogP contribution in [0.4, 0.5) is 0 Å². The van der Waals surface area contributed by atoms with Gasteiger partial charge in [-0.1, -0.05) is 0 Å². The largest absolute Gasteiger partial charge is 2.00 e. The van der Waals surface area contributed by atoms with Crippen LogP contribution in [0.5, 0.6) is 0 Å². The summed E-state index contributed by atoms with van der Waals surface area (Å²) in [4.78, 5) is 0. The van der Waals surface area contributed by atoms with E-state index in [1.165, 1.54) is 0 Å². The van der Waals surface area contributed by atoms with Gasteiger partial charge in [0.05, 0.1) is 0 Å². The van der Waals surface area contributed by atoms with Gasteiger partial charge in [-0.3, -0.25) is 18.3 Å². The predicted octanol–water partition coefficient (Wildman–Crippen LogP) is 1.52. The molecule has 4 heterocycles. The maximum atomic E-state index is 10.2. The average molecular weight is 850 g/mol. The topological polar surface area (TPSA) is 124 Å². The number of hydrogen-bond acceptors (Lipinski definition) is 0. The van der Waals surface area contributed by atoms with Crippen molar-refractivity contribution < 1.29 is 18.3 Å². The Morgan fingerprint density at radius 3 is 0.400 bits per heavy atom. The molecule has 264 valence electrons. The number of nitrogens with zero attached hydrogens (tertiary/aromatic N) is 12. The van der Waals surface area contributed by atoms with Gasteiger partial charge in [0.1, 0.15) is 0 Å². The van der Waals surface area contributed by atoms with Crippen molar-refractivity contribution in [1.29, 1.82) is 0 Å². The molecule has 0 aliphatic carbocycles. The van der Waals surface area contributed by atoms with Gasteiger partial charge in [-0.15, -0.1) is 0 Å². The van der Waals surface area contributed by atoms with Crippen LogP contribution in [0.2, 0.25) is 0 Å². The Bertz CT molecular complexity index is 847. The molecule has 16 nitrogen and oxygen atoms in total. The average Bonchev–Trinajstić information content (AvgIpc) is 3.73. The van der Waals surface area contributed by atoms with Crippen molar-refractivity contribution in [3.63, 3.8) is 0 Å². The molecule has 0 atom stereocenters. The summed E-state index contributed by atoms with van der Waals surface area (Å²) in [5.74, 6) is 0. The maximum Gasteiger partial charge on any atom is 2.00 e. The smallest absolute Gasteiger partial charge is 0.277 e. The number of hydrogen-bond donors (Lipinski definition) is 0. The maximum absolute atomic E-state index is 10.2. The van der Waals surface area contributed by atoms with Crippen molar-refractivity contribution in [2.45, 2.75) is 0 Å². The summed E-state index contributed by atoms with van der Waals surface area (Å²) >= 11 is 0. The zero-order valence-electron chi connectivity index (χ0n) is 31.3. The molecule has 0 aromatic rings. The minimum Gasteiger partial charge on any atom is -0.277 e. The summed E-state index contributed by atoms with van der Waals surface area (Å²) in [5.41, 5.74) is 0. The number of rotatable bonds is 12. The van der Waals surface area contributed by atoms with Crippen LogP contribution < -0.4 is 0 Å². The summed E-state index contributed by atoms with van der Waals surface area (Å²) in [7, 11) is 22.5. The SMILES string of the molecule is CN(C)P(=[OH+])(N(C)C)N1CC1.CN(C)P(=[OH+])(N(C)C)N1CC1.CN(C)P(=[OH+])(N(C)C)N1CC1.CN(C)P(=[OH+])(N(C)C)N1CC1.[Ba+2]. The summed E-state index contributed by atoms with van der Waals surface area (Å²) in [6, 6.07) is 0. The molecular formula is C24H68BaN12O4P4+6. The minimum atomic E-state index is -2.07. The molecule has 0 radical (unpaired) electrons. The van der Waals surface area contributed by atoms with E-state index in [0.29, 0.717) is 0 Å². The van der Waals surface area contributed by atoms with Crippen LogP contribution in [0.25, 0.3) is 0 Å². The van der Waals surface area contributed by atoms with E-state index in [1.807, 2.05) is 150 Å². The summed E-state index contributed by atoms with van der Waals surface area (Å²) in [5, 5.41) is 0. The van der Waals surface area contributed by atoms with Crippen LogP contribution in [-0.2, 0) is 0 Å². The fraction of sp³-hybridized carbons (Fsp3) is 1.00. The second-order valence-corrected chi connectivity index (χ2v) is 25.7. The molecule has 0 aromatic carbocycles. The second-order valence-electron chi connectivity index (χ2n) is 12.7. The molecule has 0 unspecified atom stereocenters. The van der Waals surface area contributed by atoms with Crippen molar-refractivity contribution in [1.82, 2.24) is 56.0 Å². The summed E-state index contributed by atoms with van der Waals surface area (Å²) < 4.78 is 64.5. The van der Waals surface area contributed by atoms with Crippen molar-refractivity contribution in [3.05, 3.63) is 0 Å². The fourth-order valence-electron chi connectivity index (χ4n) is 4.71. The van der Waals surface area contributed by atoms with E-state index < -0.39 is 30.4 Å². The molecule has 4 N–H and O–H groups in total. The predicted molar refractivity (Wildman–Crippen MR) is 197 cm³/mol. The second kappa shape index (κ2) is 19.0. The Hall–Kier alpha value is 2.01. The molecule has 4 aliphatic rings. The molecule has 4 fully saturated rings. The molecule has 4 saturated heterocycles. The molecular weight excluding hydrogens is 782 g/mol. The molecule has 0 amide bonds. The molecule has 45 heavy (non-hydrogen) atoms. The minimum absolute atomic E-state index is 0. The van der Waals surface area contributed by atoms with E-state index in [4.69, 9.17) is 0 Å². The Balaban J connectivity index is 0.000000569. The molecule has 0 saturated carbocycles. The first-order chi connectivity index (χ1) is 20.0. The monoisotopic (exact) mass is 850 g/mol. The van der Waals surface area contributed by atoms with Crippen LogP contribution in [0, 0.1) is 0 Å². The van der Waals surface area contributed by atoms with E-state index in [1.54, 1.807) is 0 Å². The van der Waals surface area contributed by atoms with Gasteiger partial charge < -0.3 is 0 Å². The van der Waals surface area contributed by atoms with Crippen LogP contribution in [0.3, 0.4) is 0 Å². The first kappa shape index (κ1) is 47.0. The Kier molecular flexibility index (Phi) is 19.9. The van der Waals surface area contributed by atoms with Gasteiger partial charge in [-0.25, -0.2) is 0 Å². The summed E-state index contributed by atoms with van der Waals surface area (Å²) in [6.45, 7) is 8.23. The van der Waals surface area contributed by atoms with E-state index in [9.17, 15) is 18.3 Å². The Morgan fingerprint density at radius 1 is 0.289 bits per heavy atom. The molecule has 0 aromatic heterocycles. The molecule has 21 heteroatoms. The van der Waals surface area contributed by atoms with Crippen LogP contribution in [0.1, 0.15) is 0 Å². The standard InChI is InChI=1S/4C6H16N3OP.Ba/c4*1-7(2)11(10,8(3)4)9-5-6-9;/h4*5-6H2,1-4H3;/q;;;;+2/p+4. The van der Waals surface area contributed by atoms with Crippen molar-refractivity contribution in [2.75, 3.05) is 165 Å². The normalized spacial score (nSPS) is 19.4. The van der Waals surface area contributed by atoms with Crippen LogP contribution >= 0.6 is 30.4 Å². The van der Waals surface area contributed by atoms with E-state index in [-0.39, 0.29) is 48.9 Å². The zero-order valence-corrected chi connectivity index (χ0v) is 39.3. The van der Waals surface area contributed by atoms with Gasteiger partial charge in [0.25, 0.3) is 0 Å².